The highest BCUT2D eigenvalue weighted by Crippen LogP contribution is 2.24. The monoisotopic (exact) mass is 226 g/mol. The molecule has 3 heteroatoms. The summed E-state index contributed by atoms with van der Waals surface area (Å²) in [7, 11) is 0. The van der Waals surface area contributed by atoms with E-state index in [2.05, 4.69) is 20.8 Å². The van der Waals surface area contributed by atoms with E-state index in [1.807, 2.05) is 4.90 Å². The zero-order valence-electron chi connectivity index (χ0n) is 10.9. The molecule has 0 bridgehead atoms. The van der Waals surface area contributed by atoms with Crippen LogP contribution in [-0.4, -0.2) is 29.9 Å². The van der Waals surface area contributed by atoms with Crippen molar-refractivity contribution in [3.05, 3.63) is 0 Å². The van der Waals surface area contributed by atoms with Crippen LogP contribution in [-0.2, 0) is 4.79 Å². The van der Waals surface area contributed by atoms with Gasteiger partial charge in [-0.15, -0.1) is 0 Å². The molecule has 2 N–H and O–H groups in total. The number of amides is 1. The Hall–Kier alpha value is -0.570. The second-order valence-electron chi connectivity index (χ2n) is 5.23. The summed E-state index contributed by atoms with van der Waals surface area (Å²) in [6, 6.07) is 0.269. The van der Waals surface area contributed by atoms with Crippen molar-refractivity contribution >= 4 is 5.91 Å². The van der Waals surface area contributed by atoms with Crippen LogP contribution in [0, 0.1) is 11.8 Å². The van der Waals surface area contributed by atoms with Crippen molar-refractivity contribution in [3.63, 3.8) is 0 Å². The van der Waals surface area contributed by atoms with E-state index in [0.29, 0.717) is 30.7 Å². The topological polar surface area (TPSA) is 46.3 Å². The number of nitrogens with zero attached hydrogens (tertiary/aromatic N) is 1. The molecule has 0 aromatic heterocycles. The van der Waals surface area contributed by atoms with E-state index < -0.39 is 0 Å². The lowest BCUT2D eigenvalue weighted by Gasteiger charge is -2.40. The second-order valence-corrected chi connectivity index (χ2v) is 5.23. The van der Waals surface area contributed by atoms with Crippen LogP contribution in [0.1, 0.15) is 46.5 Å². The van der Waals surface area contributed by atoms with Gasteiger partial charge in [-0.05, 0) is 24.7 Å². The molecule has 3 nitrogen and oxygen atoms in total. The largest absolute Gasteiger partial charge is 0.338 e. The van der Waals surface area contributed by atoms with E-state index in [1.54, 1.807) is 0 Å². The molecule has 0 aromatic carbocycles. The van der Waals surface area contributed by atoms with Gasteiger partial charge in [0.05, 0.1) is 0 Å². The van der Waals surface area contributed by atoms with Crippen LogP contribution in [0.15, 0.2) is 0 Å². The van der Waals surface area contributed by atoms with Crippen LogP contribution in [0.3, 0.4) is 0 Å². The Morgan fingerprint density at radius 2 is 2.25 bits per heavy atom. The summed E-state index contributed by atoms with van der Waals surface area (Å²) < 4.78 is 0. The molecule has 94 valence electrons. The smallest absolute Gasteiger partial charge is 0.223 e. The molecule has 0 aromatic rings. The maximum atomic E-state index is 12.2. The third-order valence-corrected chi connectivity index (χ3v) is 3.90. The first-order valence-corrected chi connectivity index (χ1v) is 6.59. The molecule has 1 saturated heterocycles. The molecule has 0 aliphatic carbocycles. The van der Waals surface area contributed by atoms with Crippen LogP contribution in [0.2, 0.25) is 0 Å². The average molecular weight is 226 g/mol. The molecule has 0 saturated carbocycles. The summed E-state index contributed by atoms with van der Waals surface area (Å²) in [5, 5.41) is 0. The third kappa shape index (κ3) is 3.21. The Bertz CT molecular complexity index is 230. The molecule has 1 amide bonds. The van der Waals surface area contributed by atoms with Crippen molar-refractivity contribution < 1.29 is 4.79 Å². The predicted octanol–water partition coefficient (Wildman–Crippen LogP) is 2.01. The number of likely N-dealkylation sites (tertiary alicyclic amines) is 1. The Labute approximate surface area is 99.4 Å². The summed E-state index contributed by atoms with van der Waals surface area (Å²) in [6.45, 7) is 8.00. The molecule has 1 aliphatic rings. The zero-order valence-corrected chi connectivity index (χ0v) is 10.9. The van der Waals surface area contributed by atoms with E-state index >= 15 is 0 Å². The predicted molar refractivity (Wildman–Crippen MR) is 67.0 cm³/mol. The molecule has 1 fully saturated rings. The van der Waals surface area contributed by atoms with Gasteiger partial charge in [-0.1, -0.05) is 27.2 Å². The minimum atomic E-state index is 0.269. The molecule has 1 rings (SSSR count). The summed E-state index contributed by atoms with van der Waals surface area (Å²) >= 11 is 0. The number of carbonyl (C=O) groups excluding carboxylic acids is 1. The Balaban J connectivity index is 2.58. The van der Waals surface area contributed by atoms with Gasteiger partial charge in [0.1, 0.15) is 0 Å². The van der Waals surface area contributed by atoms with Gasteiger partial charge in [-0.25, -0.2) is 0 Å². The number of carbonyl (C=O) groups is 1. The second kappa shape index (κ2) is 6.24. The number of rotatable bonds is 4. The van der Waals surface area contributed by atoms with Gasteiger partial charge in [0.25, 0.3) is 0 Å². The first-order valence-electron chi connectivity index (χ1n) is 6.59. The normalized spacial score (nSPS) is 27.9. The lowest BCUT2D eigenvalue weighted by Crippen LogP contribution is -2.51. The van der Waals surface area contributed by atoms with Gasteiger partial charge in [0.15, 0.2) is 0 Å². The molecule has 16 heavy (non-hydrogen) atoms. The standard InChI is InChI=1S/C13H26N2O/c1-4-10(2)8-13(16)15-7-5-6-11(3)12(15)9-14/h10-12H,4-9,14H2,1-3H3. The summed E-state index contributed by atoms with van der Waals surface area (Å²) in [4.78, 5) is 14.2. The van der Waals surface area contributed by atoms with Crippen molar-refractivity contribution in [1.82, 2.24) is 4.90 Å². The molecular formula is C13H26N2O. The average Bonchev–Trinajstić information content (AvgIpc) is 2.28. The fourth-order valence-electron chi connectivity index (χ4n) is 2.48. The fraction of sp³-hybridized carbons (Fsp3) is 0.923. The number of hydrogen-bond acceptors (Lipinski definition) is 2. The molecular weight excluding hydrogens is 200 g/mol. The summed E-state index contributed by atoms with van der Waals surface area (Å²) in [6.07, 6.45) is 4.08. The minimum Gasteiger partial charge on any atom is -0.338 e. The third-order valence-electron chi connectivity index (χ3n) is 3.90. The van der Waals surface area contributed by atoms with E-state index in [0.717, 1.165) is 19.4 Å². The minimum absolute atomic E-state index is 0.269. The van der Waals surface area contributed by atoms with Crippen LogP contribution in [0.25, 0.3) is 0 Å². The van der Waals surface area contributed by atoms with Crippen LogP contribution in [0.4, 0.5) is 0 Å². The lowest BCUT2D eigenvalue weighted by atomic mass is 9.90. The van der Waals surface area contributed by atoms with Gasteiger partial charge >= 0.3 is 0 Å². The number of piperidine rings is 1. The molecule has 1 aliphatic heterocycles. The quantitative estimate of drug-likeness (QED) is 0.797. The summed E-state index contributed by atoms with van der Waals surface area (Å²) in [5.41, 5.74) is 5.79. The maximum Gasteiger partial charge on any atom is 0.223 e. The number of nitrogens with two attached hydrogens (primary N) is 1. The molecule has 0 radical (unpaired) electrons. The highest BCUT2D eigenvalue weighted by Gasteiger charge is 2.30. The van der Waals surface area contributed by atoms with E-state index in [1.165, 1.54) is 6.42 Å². The van der Waals surface area contributed by atoms with Crippen LogP contribution in [0.5, 0.6) is 0 Å². The number of hydrogen-bond donors (Lipinski definition) is 1. The van der Waals surface area contributed by atoms with Crippen molar-refractivity contribution in [3.8, 4) is 0 Å². The van der Waals surface area contributed by atoms with Gasteiger partial charge in [0.2, 0.25) is 5.91 Å². The lowest BCUT2D eigenvalue weighted by molar-refractivity contribution is -0.137. The molecule has 3 atom stereocenters. The molecule has 3 unspecified atom stereocenters. The van der Waals surface area contributed by atoms with Gasteiger partial charge < -0.3 is 10.6 Å². The first kappa shape index (κ1) is 13.5. The van der Waals surface area contributed by atoms with Gasteiger partial charge in [-0.3, -0.25) is 4.79 Å². The Morgan fingerprint density at radius 1 is 1.56 bits per heavy atom. The SMILES string of the molecule is CCC(C)CC(=O)N1CCCC(C)C1CN. The van der Waals surface area contributed by atoms with Gasteiger partial charge in [-0.2, -0.15) is 0 Å². The van der Waals surface area contributed by atoms with Crippen molar-refractivity contribution in [2.75, 3.05) is 13.1 Å². The zero-order chi connectivity index (χ0) is 12.1. The fourth-order valence-corrected chi connectivity index (χ4v) is 2.48. The highest BCUT2D eigenvalue weighted by atomic mass is 16.2. The highest BCUT2D eigenvalue weighted by molar-refractivity contribution is 5.77. The Kier molecular flexibility index (Phi) is 5.26. The van der Waals surface area contributed by atoms with E-state index in [-0.39, 0.29) is 6.04 Å². The van der Waals surface area contributed by atoms with E-state index in [4.69, 9.17) is 5.73 Å². The van der Waals surface area contributed by atoms with E-state index in [9.17, 15) is 4.79 Å². The molecule has 0 spiro atoms. The van der Waals surface area contributed by atoms with Crippen molar-refractivity contribution in [1.29, 1.82) is 0 Å². The van der Waals surface area contributed by atoms with Crippen molar-refractivity contribution in [2.45, 2.75) is 52.5 Å². The maximum absolute atomic E-state index is 12.2. The van der Waals surface area contributed by atoms with Crippen molar-refractivity contribution in [2.24, 2.45) is 17.6 Å². The Morgan fingerprint density at radius 3 is 2.81 bits per heavy atom. The van der Waals surface area contributed by atoms with Crippen LogP contribution < -0.4 is 5.73 Å². The summed E-state index contributed by atoms with van der Waals surface area (Å²) in [5.74, 6) is 1.35. The first-order chi connectivity index (χ1) is 7.60. The van der Waals surface area contributed by atoms with Gasteiger partial charge in [0, 0.05) is 25.6 Å². The van der Waals surface area contributed by atoms with Crippen LogP contribution >= 0.6 is 0 Å². The molecule has 1 heterocycles.